The number of ether oxygens (including phenoxy) is 1. The third kappa shape index (κ3) is 4.34. The van der Waals surface area contributed by atoms with E-state index in [0.717, 1.165) is 18.8 Å². The number of hydrogen-bond acceptors (Lipinski definition) is 2. The van der Waals surface area contributed by atoms with Gasteiger partial charge in [-0.25, -0.2) is 0 Å². The number of benzene rings is 1. The molecule has 1 N–H and O–H groups in total. The second kappa shape index (κ2) is 5.17. The van der Waals surface area contributed by atoms with Gasteiger partial charge in [0.1, 0.15) is 5.75 Å². The number of hydrogen-bond donors (Lipinski definition) is 1. The maximum absolute atomic E-state index is 5.29. The molecule has 1 aromatic rings. The Bertz CT molecular complexity index is 302. The molecule has 0 heterocycles. The maximum Gasteiger partial charge on any atom is 0.123 e. The first-order valence-electron chi connectivity index (χ1n) is 5.35. The molecule has 0 saturated heterocycles. The van der Waals surface area contributed by atoms with Crippen molar-refractivity contribution in [3.8, 4) is 5.75 Å². The number of methoxy groups -OCH3 is 1. The van der Waals surface area contributed by atoms with Crippen molar-refractivity contribution >= 4 is 0 Å². The predicted octanol–water partition coefficient (Wildman–Crippen LogP) is 2.83. The summed E-state index contributed by atoms with van der Waals surface area (Å²) < 4.78 is 5.29. The predicted molar refractivity (Wildman–Crippen MR) is 64.2 cm³/mol. The molecule has 0 amide bonds. The van der Waals surface area contributed by atoms with Crippen LogP contribution in [0.3, 0.4) is 0 Å². The van der Waals surface area contributed by atoms with Gasteiger partial charge in [0.25, 0.3) is 0 Å². The smallest absolute Gasteiger partial charge is 0.123 e. The zero-order valence-corrected chi connectivity index (χ0v) is 10.1. The summed E-state index contributed by atoms with van der Waals surface area (Å²) in [6.07, 6.45) is 0. The molecule has 84 valence electrons. The zero-order chi connectivity index (χ0) is 11.3. The Labute approximate surface area is 92.6 Å². The van der Waals surface area contributed by atoms with Crippen LogP contribution in [0.1, 0.15) is 26.3 Å². The molecule has 15 heavy (non-hydrogen) atoms. The molecule has 0 saturated carbocycles. The van der Waals surface area contributed by atoms with Crippen LogP contribution in [0.2, 0.25) is 0 Å². The summed E-state index contributed by atoms with van der Waals surface area (Å²) in [7, 11) is 1.71. The molecule has 0 spiro atoms. The van der Waals surface area contributed by atoms with Crippen molar-refractivity contribution in [2.45, 2.75) is 27.3 Å². The lowest BCUT2D eigenvalue weighted by Gasteiger charge is -2.19. The van der Waals surface area contributed by atoms with Crippen LogP contribution in [0.25, 0.3) is 0 Å². The van der Waals surface area contributed by atoms with Crippen molar-refractivity contribution in [2.75, 3.05) is 13.7 Å². The molecular formula is C13H21NO. The molecule has 0 radical (unpaired) electrons. The average Bonchev–Trinajstić information content (AvgIpc) is 2.16. The summed E-state index contributed by atoms with van der Waals surface area (Å²) in [5, 5.41) is 3.44. The standard InChI is InChI=1S/C13H21NO/c1-13(2,3)10-14-9-11-7-5-6-8-12(11)15-4/h5-8,14H,9-10H2,1-4H3. The molecule has 0 aromatic heterocycles. The average molecular weight is 207 g/mol. The van der Waals surface area contributed by atoms with Crippen molar-refractivity contribution < 1.29 is 4.74 Å². The molecular weight excluding hydrogens is 186 g/mol. The summed E-state index contributed by atoms with van der Waals surface area (Å²) in [5.41, 5.74) is 1.53. The minimum atomic E-state index is 0.321. The Balaban J connectivity index is 2.50. The first-order chi connectivity index (χ1) is 7.03. The fourth-order valence-electron chi connectivity index (χ4n) is 1.42. The van der Waals surface area contributed by atoms with E-state index < -0.39 is 0 Å². The van der Waals surface area contributed by atoms with Crippen molar-refractivity contribution in [1.82, 2.24) is 5.32 Å². The van der Waals surface area contributed by atoms with E-state index in [2.05, 4.69) is 32.2 Å². The van der Waals surface area contributed by atoms with Gasteiger partial charge in [-0.2, -0.15) is 0 Å². The highest BCUT2D eigenvalue weighted by Gasteiger charge is 2.09. The van der Waals surface area contributed by atoms with E-state index in [1.54, 1.807) is 7.11 Å². The van der Waals surface area contributed by atoms with Gasteiger partial charge in [0.2, 0.25) is 0 Å². The second-order valence-electron chi connectivity index (χ2n) is 4.98. The monoisotopic (exact) mass is 207 g/mol. The third-order valence-electron chi connectivity index (χ3n) is 2.16. The molecule has 0 unspecified atom stereocenters. The fourth-order valence-corrected chi connectivity index (χ4v) is 1.42. The van der Waals surface area contributed by atoms with Crippen LogP contribution in [-0.4, -0.2) is 13.7 Å². The summed E-state index contributed by atoms with van der Waals surface area (Å²) in [4.78, 5) is 0. The van der Waals surface area contributed by atoms with Crippen LogP contribution in [0, 0.1) is 5.41 Å². The van der Waals surface area contributed by atoms with Crippen molar-refractivity contribution in [3.05, 3.63) is 29.8 Å². The van der Waals surface area contributed by atoms with Crippen molar-refractivity contribution in [3.63, 3.8) is 0 Å². The first-order valence-corrected chi connectivity index (χ1v) is 5.35. The Morgan fingerprint density at radius 1 is 1.20 bits per heavy atom. The Morgan fingerprint density at radius 3 is 2.47 bits per heavy atom. The van der Waals surface area contributed by atoms with E-state index in [1.165, 1.54) is 5.56 Å². The summed E-state index contributed by atoms with van der Waals surface area (Å²) >= 11 is 0. The summed E-state index contributed by atoms with van der Waals surface area (Å²) in [5.74, 6) is 0.957. The Hall–Kier alpha value is -1.02. The minimum absolute atomic E-state index is 0.321. The zero-order valence-electron chi connectivity index (χ0n) is 10.1. The molecule has 0 atom stereocenters. The molecule has 1 rings (SSSR count). The van der Waals surface area contributed by atoms with Gasteiger partial charge in [0, 0.05) is 18.7 Å². The highest BCUT2D eigenvalue weighted by atomic mass is 16.5. The molecule has 0 aliphatic rings. The van der Waals surface area contributed by atoms with Gasteiger partial charge >= 0.3 is 0 Å². The topological polar surface area (TPSA) is 21.3 Å². The normalized spacial score (nSPS) is 11.5. The molecule has 2 nitrogen and oxygen atoms in total. The summed E-state index contributed by atoms with van der Waals surface area (Å²) in [6, 6.07) is 8.12. The van der Waals surface area contributed by atoms with Gasteiger partial charge in [-0.05, 0) is 11.5 Å². The van der Waals surface area contributed by atoms with Crippen LogP contribution in [0.15, 0.2) is 24.3 Å². The van der Waals surface area contributed by atoms with Crippen LogP contribution in [0.4, 0.5) is 0 Å². The molecule has 0 bridgehead atoms. The molecule has 1 aromatic carbocycles. The highest BCUT2D eigenvalue weighted by Crippen LogP contribution is 2.17. The lowest BCUT2D eigenvalue weighted by molar-refractivity contribution is 0.373. The van der Waals surface area contributed by atoms with E-state index in [0.29, 0.717) is 5.41 Å². The quantitative estimate of drug-likeness (QED) is 0.819. The van der Waals surface area contributed by atoms with E-state index in [1.807, 2.05) is 18.2 Å². The van der Waals surface area contributed by atoms with Crippen molar-refractivity contribution in [2.24, 2.45) is 5.41 Å². The molecule has 0 fully saturated rings. The fraction of sp³-hybridized carbons (Fsp3) is 0.538. The van der Waals surface area contributed by atoms with Gasteiger partial charge in [-0.15, -0.1) is 0 Å². The van der Waals surface area contributed by atoms with Gasteiger partial charge in [-0.1, -0.05) is 39.0 Å². The van der Waals surface area contributed by atoms with Gasteiger partial charge < -0.3 is 10.1 Å². The first kappa shape index (κ1) is 12.1. The minimum Gasteiger partial charge on any atom is -0.496 e. The number of rotatable bonds is 4. The van der Waals surface area contributed by atoms with Crippen molar-refractivity contribution in [1.29, 1.82) is 0 Å². The van der Waals surface area contributed by atoms with Crippen LogP contribution in [-0.2, 0) is 6.54 Å². The van der Waals surface area contributed by atoms with Crippen LogP contribution >= 0.6 is 0 Å². The van der Waals surface area contributed by atoms with E-state index in [9.17, 15) is 0 Å². The lowest BCUT2D eigenvalue weighted by Crippen LogP contribution is -2.26. The molecule has 0 aliphatic heterocycles. The largest absolute Gasteiger partial charge is 0.496 e. The van der Waals surface area contributed by atoms with Crippen LogP contribution in [0.5, 0.6) is 5.75 Å². The maximum atomic E-state index is 5.29. The van der Waals surface area contributed by atoms with Gasteiger partial charge in [-0.3, -0.25) is 0 Å². The lowest BCUT2D eigenvalue weighted by atomic mass is 9.97. The van der Waals surface area contributed by atoms with Gasteiger partial charge in [0.15, 0.2) is 0 Å². The number of para-hydroxylation sites is 1. The van der Waals surface area contributed by atoms with Crippen LogP contribution < -0.4 is 10.1 Å². The Morgan fingerprint density at radius 2 is 1.87 bits per heavy atom. The third-order valence-corrected chi connectivity index (χ3v) is 2.16. The SMILES string of the molecule is COc1ccccc1CNCC(C)(C)C. The van der Waals surface area contributed by atoms with Gasteiger partial charge in [0.05, 0.1) is 7.11 Å². The summed E-state index contributed by atoms with van der Waals surface area (Å²) in [6.45, 7) is 8.54. The molecule has 0 aliphatic carbocycles. The van der Waals surface area contributed by atoms with E-state index in [4.69, 9.17) is 4.74 Å². The highest BCUT2D eigenvalue weighted by molar-refractivity contribution is 5.32. The molecule has 2 heteroatoms. The Kier molecular flexibility index (Phi) is 4.15. The van der Waals surface area contributed by atoms with E-state index >= 15 is 0 Å². The second-order valence-corrected chi connectivity index (χ2v) is 4.98. The number of nitrogens with one attached hydrogen (secondary N) is 1. The van der Waals surface area contributed by atoms with E-state index in [-0.39, 0.29) is 0 Å².